The zero-order valence-electron chi connectivity index (χ0n) is 16.4. The molecule has 0 saturated heterocycles. The zero-order valence-corrected chi connectivity index (χ0v) is 17.9. The minimum atomic E-state index is -0.476. The molecule has 9 nitrogen and oxygen atoms in total. The van der Waals surface area contributed by atoms with Crippen LogP contribution in [0.1, 0.15) is 34.3 Å². The molecule has 30 heavy (non-hydrogen) atoms. The molecule has 0 saturated carbocycles. The Morgan fingerprint density at radius 2 is 2.00 bits per heavy atom. The minimum absolute atomic E-state index is 0.0478. The summed E-state index contributed by atoms with van der Waals surface area (Å²) in [5.41, 5.74) is 0.719. The third-order valence-electron chi connectivity index (χ3n) is 4.06. The van der Waals surface area contributed by atoms with Crippen LogP contribution in [-0.2, 0) is 13.8 Å². The summed E-state index contributed by atoms with van der Waals surface area (Å²) in [4.78, 5) is 24.9. The maximum Gasteiger partial charge on any atom is 0.276 e. The van der Waals surface area contributed by atoms with E-state index in [0.29, 0.717) is 28.0 Å². The Labute approximate surface area is 182 Å². The van der Waals surface area contributed by atoms with Crippen molar-refractivity contribution in [2.75, 3.05) is 11.9 Å². The molecule has 0 spiro atoms. The molecule has 0 aliphatic rings. The first-order chi connectivity index (χ1) is 14.4. The highest BCUT2D eigenvalue weighted by atomic mass is 35.5. The molecule has 0 bridgehead atoms. The van der Waals surface area contributed by atoms with Crippen molar-refractivity contribution < 1.29 is 14.3 Å². The SMILES string of the molecule is CCCNC(=O)c1c(NC(=O)c2ccn(COc3ccc(Cl)cc3Cl)n2)cnn1C. The molecule has 158 valence electrons. The van der Waals surface area contributed by atoms with Crippen molar-refractivity contribution in [2.24, 2.45) is 7.05 Å². The number of carbonyl (C=O) groups is 2. The monoisotopic (exact) mass is 450 g/mol. The number of rotatable bonds is 8. The van der Waals surface area contributed by atoms with Gasteiger partial charge in [0.1, 0.15) is 11.4 Å². The van der Waals surface area contributed by atoms with E-state index in [4.69, 9.17) is 27.9 Å². The standard InChI is InChI=1S/C19H20Cl2N6O3/c1-3-7-22-19(29)17-15(10-23-26(17)2)24-18(28)14-6-8-27(25-14)11-30-16-5-4-12(20)9-13(16)21/h4-6,8-10H,3,7,11H2,1-2H3,(H,22,29)(H,24,28). The van der Waals surface area contributed by atoms with Gasteiger partial charge in [-0.2, -0.15) is 10.2 Å². The van der Waals surface area contributed by atoms with E-state index in [0.717, 1.165) is 6.42 Å². The van der Waals surface area contributed by atoms with E-state index in [9.17, 15) is 9.59 Å². The van der Waals surface area contributed by atoms with Crippen LogP contribution < -0.4 is 15.4 Å². The molecule has 2 N–H and O–H groups in total. The van der Waals surface area contributed by atoms with E-state index >= 15 is 0 Å². The zero-order chi connectivity index (χ0) is 21.7. The Morgan fingerprint density at radius 1 is 1.20 bits per heavy atom. The van der Waals surface area contributed by atoms with E-state index in [1.54, 1.807) is 31.4 Å². The Bertz CT molecular complexity index is 1060. The molecule has 2 heterocycles. The molecule has 0 atom stereocenters. The van der Waals surface area contributed by atoms with Crippen LogP contribution in [0.5, 0.6) is 5.75 Å². The summed E-state index contributed by atoms with van der Waals surface area (Å²) in [6.07, 6.45) is 3.81. The third kappa shape index (κ3) is 5.11. The fourth-order valence-corrected chi connectivity index (χ4v) is 3.05. The van der Waals surface area contributed by atoms with E-state index in [1.165, 1.54) is 21.6 Å². The molecule has 0 fully saturated rings. The number of anilines is 1. The largest absolute Gasteiger partial charge is 0.470 e. The first-order valence-electron chi connectivity index (χ1n) is 9.12. The van der Waals surface area contributed by atoms with Crippen LogP contribution in [0.15, 0.2) is 36.7 Å². The summed E-state index contributed by atoms with van der Waals surface area (Å²) in [5, 5.41) is 14.5. The molecule has 0 aliphatic carbocycles. The van der Waals surface area contributed by atoms with Gasteiger partial charge in [-0.05, 0) is 30.7 Å². The quantitative estimate of drug-likeness (QED) is 0.547. The molecular formula is C19H20Cl2N6O3. The van der Waals surface area contributed by atoms with Crippen molar-refractivity contribution in [1.82, 2.24) is 24.9 Å². The summed E-state index contributed by atoms with van der Waals surface area (Å²) >= 11 is 11.9. The van der Waals surface area contributed by atoms with Gasteiger partial charge < -0.3 is 15.4 Å². The molecule has 0 aliphatic heterocycles. The first kappa shape index (κ1) is 21.7. The van der Waals surface area contributed by atoms with E-state index in [2.05, 4.69) is 20.8 Å². The lowest BCUT2D eigenvalue weighted by Gasteiger charge is -2.08. The van der Waals surface area contributed by atoms with Gasteiger partial charge >= 0.3 is 0 Å². The predicted octanol–water partition coefficient (Wildman–Crippen LogP) is 3.35. The lowest BCUT2D eigenvalue weighted by molar-refractivity contribution is 0.0945. The first-order valence-corrected chi connectivity index (χ1v) is 9.87. The highest BCUT2D eigenvalue weighted by Gasteiger charge is 2.20. The second kappa shape index (κ2) is 9.64. The Kier molecular flexibility index (Phi) is 6.96. The fourth-order valence-electron chi connectivity index (χ4n) is 2.59. The van der Waals surface area contributed by atoms with Crippen LogP contribution in [0.2, 0.25) is 10.0 Å². The number of nitrogens with one attached hydrogen (secondary N) is 2. The van der Waals surface area contributed by atoms with Crippen molar-refractivity contribution in [3.63, 3.8) is 0 Å². The molecule has 3 aromatic rings. The number of benzene rings is 1. The number of hydrogen-bond acceptors (Lipinski definition) is 5. The second-order valence-corrected chi connectivity index (χ2v) is 7.17. The summed E-state index contributed by atoms with van der Waals surface area (Å²) in [7, 11) is 1.63. The Hall–Kier alpha value is -3.04. The predicted molar refractivity (Wildman–Crippen MR) is 113 cm³/mol. The number of carbonyl (C=O) groups excluding carboxylic acids is 2. The maximum atomic E-state index is 12.6. The normalized spacial score (nSPS) is 10.7. The van der Waals surface area contributed by atoms with Gasteiger partial charge in [-0.15, -0.1) is 0 Å². The van der Waals surface area contributed by atoms with Gasteiger partial charge in [0.2, 0.25) is 0 Å². The second-order valence-electron chi connectivity index (χ2n) is 6.33. The fraction of sp³-hybridized carbons (Fsp3) is 0.263. The van der Waals surface area contributed by atoms with Gasteiger partial charge in [-0.25, -0.2) is 4.68 Å². The molecule has 0 unspecified atom stereocenters. The average Bonchev–Trinajstić information content (AvgIpc) is 3.32. The molecule has 2 aromatic heterocycles. The summed E-state index contributed by atoms with van der Waals surface area (Å²) < 4.78 is 8.44. The van der Waals surface area contributed by atoms with Crippen molar-refractivity contribution >= 4 is 40.7 Å². The lowest BCUT2D eigenvalue weighted by Crippen LogP contribution is -2.27. The smallest absolute Gasteiger partial charge is 0.276 e. The minimum Gasteiger partial charge on any atom is -0.470 e. The number of halogens is 2. The highest BCUT2D eigenvalue weighted by molar-refractivity contribution is 6.35. The molecule has 0 radical (unpaired) electrons. The highest BCUT2D eigenvalue weighted by Crippen LogP contribution is 2.27. The van der Waals surface area contributed by atoms with Crippen molar-refractivity contribution in [2.45, 2.75) is 20.1 Å². The van der Waals surface area contributed by atoms with Gasteiger partial charge in [0.25, 0.3) is 11.8 Å². The summed E-state index contributed by atoms with van der Waals surface area (Å²) in [6.45, 7) is 2.53. The Balaban J connectivity index is 1.65. The third-order valence-corrected chi connectivity index (χ3v) is 4.59. The number of aromatic nitrogens is 4. The van der Waals surface area contributed by atoms with Crippen molar-refractivity contribution in [1.29, 1.82) is 0 Å². The number of hydrogen-bond donors (Lipinski definition) is 2. The van der Waals surface area contributed by atoms with Crippen LogP contribution in [0.25, 0.3) is 0 Å². The number of ether oxygens (including phenoxy) is 1. The maximum absolute atomic E-state index is 12.6. The van der Waals surface area contributed by atoms with Gasteiger partial charge in [-0.1, -0.05) is 30.1 Å². The lowest BCUT2D eigenvalue weighted by atomic mass is 10.3. The van der Waals surface area contributed by atoms with Gasteiger partial charge in [0, 0.05) is 24.8 Å². The average molecular weight is 451 g/mol. The molecule has 1 aromatic carbocycles. The van der Waals surface area contributed by atoms with E-state index in [1.807, 2.05) is 6.92 Å². The molecule has 2 amide bonds. The summed E-state index contributed by atoms with van der Waals surface area (Å²) in [5.74, 6) is -0.345. The number of nitrogens with zero attached hydrogens (tertiary/aromatic N) is 4. The van der Waals surface area contributed by atoms with Gasteiger partial charge in [0.15, 0.2) is 12.4 Å². The van der Waals surface area contributed by atoms with Crippen LogP contribution >= 0.6 is 23.2 Å². The van der Waals surface area contributed by atoms with Gasteiger partial charge in [0.05, 0.1) is 16.9 Å². The Morgan fingerprint density at radius 3 is 2.73 bits per heavy atom. The van der Waals surface area contributed by atoms with Crippen LogP contribution in [0.4, 0.5) is 5.69 Å². The number of aryl methyl sites for hydroxylation is 1. The van der Waals surface area contributed by atoms with Gasteiger partial charge in [-0.3, -0.25) is 14.3 Å². The topological polar surface area (TPSA) is 103 Å². The van der Waals surface area contributed by atoms with E-state index in [-0.39, 0.29) is 24.0 Å². The molecule has 11 heteroatoms. The van der Waals surface area contributed by atoms with Crippen LogP contribution in [0.3, 0.4) is 0 Å². The van der Waals surface area contributed by atoms with Crippen LogP contribution in [-0.4, -0.2) is 37.9 Å². The molecule has 3 rings (SSSR count). The number of amides is 2. The molecular weight excluding hydrogens is 431 g/mol. The van der Waals surface area contributed by atoms with Crippen molar-refractivity contribution in [3.8, 4) is 5.75 Å². The van der Waals surface area contributed by atoms with Crippen LogP contribution in [0, 0.1) is 0 Å². The van der Waals surface area contributed by atoms with Crippen molar-refractivity contribution in [3.05, 3.63) is 58.1 Å². The van der Waals surface area contributed by atoms with E-state index < -0.39 is 5.91 Å². The summed E-state index contributed by atoms with van der Waals surface area (Å²) in [6, 6.07) is 6.42.